The molecule has 2 rings (SSSR count). The fraction of sp³-hybridized carbons (Fsp3) is 0. The monoisotopic (exact) mass is 370 g/mol. The summed E-state index contributed by atoms with van der Waals surface area (Å²) in [6.45, 7) is 0. The fourth-order valence-corrected chi connectivity index (χ4v) is 1.65. The molecule has 0 aliphatic rings. The summed E-state index contributed by atoms with van der Waals surface area (Å²) in [6.07, 6.45) is 2.77. The van der Waals surface area contributed by atoms with Crippen LogP contribution in [0, 0.1) is 0 Å². The fourth-order valence-electron chi connectivity index (χ4n) is 1.65. The topological polar surface area (TPSA) is 129 Å². The number of hydrogen-bond donors (Lipinski definition) is 2. The second-order valence-corrected chi connectivity index (χ2v) is 4.51. The standard InChI is InChI=1S/C16H14N4O4.2Na/c21-15(22)11-1-5-13(6-2-11)19-17-9-10-18-20-14-7-3-12(4-8-14)16(23)24;;/h1-10,19-20H,(H,21,22)(H,23,24);;/q;2*+1/p-2/b17-9-,18-10-;;. The van der Waals surface area contributed by atoms with Gasteiger partial charge in [-0.3, -0.25) is 10.9 Å². The van der Waals surface area contributed by atoms with Gasteiger partial charge < -0.3 is 19.8 Å². The predicted molar refractivity (Wildman–Crippen MR) is 85.8 cm³/mol. The summed E-state index contributed by atoms with van der Waals surface area (Å²) in [4.78, 5) is 21.2. The summed E-state index contributed by atoms with van der Waals surface area (Å²) in [7, 11) is 0. The Labute approximate surface area is 194 Å². The second-order valence-electron chi connectivity index (χ2n) is 4.51. The Kier molecular flexibility index (Phi) is 11.8. The molecule has 0 aliphatic heterocycles. The minimum absolute atomic E-state index is 0. The number of aromatic carboxylic acids is 2. The van der Waals surface area contributed by atoms with Gasteiger partial charge in [0.2, 0.25) is 0 Å². The van der Waals surface area contributed by atoms with Crippen LogP contribution in [0.25, 0.3) is 0 Å². The van der Waals surface area contributed by atoms with E-state index < -0.39 is 11.9 Å². The molecule has 26 heavy (non-hydrogen) atoms. The molecule has 2 aromatic rings. The molecule has 0 radical (unpaired) electrons. The SMILES string of the molecule is O=C([O-])c1ccc(N/N=C\C=N/Nc2ccc(C(=O)[O-])cc2)cc1.[Na+].[Na+]. The number of anilines is 2. The second kappa shape index (κ2) is 12.6. The Morgan fingerprint density at radius 3 is 1.27 bits per heavy atom. The quantitative estimate of drug-likeness (QED) is 0.284. The van der Waals surface area contributed by atoms with E-state index in [9.17, 15) is 19.8 Å². The summed E-state index contributed by atoms with van der Waals surface area (Å²) in [5, 5.41) is 28.9. The van der Waals surface area contributed by atoms with Gasteiger partial charge in [0.25, 0.3) is 0 Å². The van der Waals surface area contributed by atoms with Gasteiger partial charge in [-0.15, -0.1) is 0 Å². The third-order valence-electron chi connectivity index (χ3n) is 2.84. The Morgan fingerprint density at radius 1 is 0.692 bits per heavy atom. The molecule has 0 fully saturated rings. The Hall–Kier alpha value is -1.68. The average molecular weight is 370 g/mol. The molecular weight excluding hydrogens is 358 g/mol. The molecule has 0 heterocycles. The van der Waals surface area contributed by atoms with E-state index in [0.717, 1.165) is 0 Å². The first kappa shape index (κ1) is 24.3. The summed E-state index contributed by atoms with van der Waals surface area (Å²) in [6, 6.07) is 11.8. The van der Waals surface area contributed by atoms with Gasteiger partial charge in [0.05, 0.1) is 35.7 Å². The van der Waals surface area contributed by atoms with E-state index in [4.69, 9.17) is 0 Å². The molecule has 0 aliphatic carbocycles. The number of carbonyl (C=O) groups is 2. The van der Waals surface area contributed by atoms with Crippen LogP contribution in [0.2, 0.25) is 0 Å². The van der Waals surface area contributed by atoms with Crippen molar-refractivity contribution >= 4 is 35.7 Å². The maximum Gasteiger partial charge on any atom is 1.00 e. The first-order valence-corrected chi connectivity index (χ1v) is 6.76. The first-order valence-electron chi connectivity index (χ1n) is 6.76. The molecule has 2 aromatic carbocycles. The molecule has 0 saturated heterocycles. The summed E-state index contributed by atoms with van der Waals surface area (Å²) in [5.74, 6) is -2.48. The van der Waals surface area contributed by atoms with Crippen molar-refractivity contribution in [1.82, 2.24) is 0 Å². The van der Waals surface area contributed by atoms with E-state index in [1.807, 2.05) is 0 Å². The van der Waals surface area contributed by atoms with Crippen LogP contribution >= 0.6 is 0 Å². The summed E-state index contributed by atoms with van der Waals surface area (Å²) < 4.78 is 0. The first-order chi connectivity index (χ1) is 11.6. The van der Waals surface area contributed by atoms with Gasteiger partial charge in [-0.25, -0.2) is 0 Å². The Morgan fingerprint density at radius 2 is 1.00 bits per heavy atom. The molecule has 0 unspecified atom stereocenters. The maximum atomic E-state index is 10.6. The van der Waals surface area contributed by atoms with Crippen LogP contribution in [0.1, 0.15) is 20.7 Å². The molecule has 2 N–H and O–H groups in total. The Balaban J connectivity index is 0.00000312. The third kappa shape index (κ3) is 8.13. The van der Waals surface area contributed by atoms with Crippen molar-refractivity contribution in [1.29, 1.82) is 0 Å². The third-order valence-corrected chi connectivity index (χ3v) is 2.84. The van der Waals surface area contributed by atoms with Crippen LogP contribution in [0.5, 0.6) is 0 Å². The Bertz CT molecular complexity index is 710. The molecule has 0 aromatic heterocycles. The number of carbonyl (C=O) groups excluding carboxylic acids is 2. The van der Waals surface area contributed by atoms with Crippen LogP contribution in [0.4, 0.5) is 11.4 Å². The van der Waals surface area contributed by atoms with Gasteiger partial charge in [-0.2, -0.15) is 10.2 Å². The number of benzene rings is 2. The molecule has 122 valence electrons. The van der Waals surface area contributed by atoms with E-state index in [-0.39, 0.29) is 70.2 Å². The van der Waals surface area contributed by atoms with Crippen molar-refractivity contribution in [2.24, 2.45) is 10.2 Å². The van der Waals surface area contributed by atoms with Crippen LogP contribution in [-0.2, 0) is 0 Å². The van der Waals surface area contributed by atoms with E-state index in [1.165, 1.54) is 36.7 Å². The molecule has 8 nitrogen and oxygen atoms in total. The van der Waals surface area contributed by atoms with Crippen LogP contribution < -0.4 is 80.2 Å². The molecule has 0 saturated carbocycles. The van der Waals surface area contributed by atoms with Gasteiger partial charge in [-0.1, -0.05) is 24.3 Å². The molecular formula is C16H12N4Na2O4. The molecule has 0 spiro atoms. The number of rotatable bonds is 7. The normalized spacial score (nSPS) is 10.0. The average Bonchev–Trinajstić information content (AvgIpc) is 2.58. The van der Waals surface area contributed by atoms with Crippen molar-refractivity contribution in [3.8, 4) is 0 Å². The van der Waals surface area contributed by atoms with E-state index >= 15 is 0 Å². The predicted octanol–water partition coefficient (Wildman–Crippen LogP) is -6.08. The van der Waals surface area contributed by atoms with Crippen LogP contribution in [-0.4, -0.2) is 24.4 Å². The maximum absolute atomic E-state index is 10.6. The zero-order valence-electron chi connectivity index (χ0n) is 14.3. The number of nitrogens with zero attached hydrogens (tertiary/aromatic N) is 2. The summed E-state index contributed by atoms with van der Waals surface area (Å²) in [5.41, 5.74) is 6.77. The zero-order valence-corrected chi connectivity index (χ0v) is 18.3. The van der Waals surface area contributed by atoms with Crippen molar-refractivity contribution in [3.05, 3.63) is 59.7 Å². The van der Waals surface area contributed by atoms with Gasteiger partial charge in [-0.05, 0) is 35.4 Å². The number of carboxylic acid groups (broad SMARTS) is 2. The zero-order chi connectivity index (χ0) is 17.4. The molecule has 0 atom stereocenters. The molecule has 0 bridgehead atoms. The minimum atomic E-state index is -1.24. The number of nitrogens with one attached hydrogen (secondary N) is 2. The molecule has 10 heteroatoms. The number of carboxylic acids is 2. The van der Waals surface area contributed by atoms with Gasteiger partial charge >= 0.3 is 59.1 Å². The minimum Gasteiger partial charge on any atom is -0.545 e. The van der Waals surface area contributed by atoms with Crippen LogP contribution in [0.15, 0.2) is 58.7 Å². The largest absolute Gasteiger partial charge is 1.00 e. The smallest absolute Gasteiger partial charge is 0.545 e. The molecule has 0 amide bonds. The van der Waals surface area contributed by atoms with E-state index in [1.54, 1.807) is 24.3 Å². The number of hydrazone groups is 2. The van der Waals surface area contributed by atoms with Crippen molar-refractivity contribution in [2.75, 3.05) is 10.9 Å². The van der Waals surface area contributed by atoms with Crippen molar-refractivity contribution < 1.29 is 78.9 Å². The number of hydrogen-bond acceptors (Lipinski definition) is 8. The van der Waals surface area contributed by atoms with Gasteiger partial charge in [0.15, 0.2) is 0 Å². The van der Waals surface area contributed by atoms with Gasteiger partial charge in [0, 0.05) is 0 Å². The van der Waals surface area contributed by atoms with Crippen molar-refractivity contribution in [2.45, 2.75) is 0 Å². The summed E-state index contributed by atoms with van der Waals surface area (Å²) >= 11 is 0. The van der Waals surface area contributed by atoms with E-state index in [2.05, 4.69) is 21.1 Å². The van der Waals surface area contributed by atoms with Gasteiger partial charge in [0.1, 0.15) is 0 Å². The van der Waals surface area contributed by atoms with Crippen molar-refractivity contribution in [3.63, 3.8) is 0 Å². The van der Waals surface area contributed by atoms with Crippen LogP contribution in [0.3, 0.4) is 0 Å². The van der Waals surface area contributed by atoms with E-state index in [0.29, 0.717) is 11.4 Å².